The summed E-state index contributed by atoms with van der Waals surface area (Å²) in [5.41, 5.74) is 7.57. The van der Waals surface area contributed by atoms with Gasteiger partial charge < -0.3 is 10.2 Å². The second-order valence-electron chi connectivity index (χ2n) is 4.94. The number of hydrogen-bond donors (Lipinski definition) is 1. The molecule has 1 aromatic carbocycles. The van der Waals surface area contributed by atoms with E-state index in [-0.39, 0.29) is 17.3 Å². The molecule has 2 heterocycles. The molecule has 102 valence electrons. The highest BCUT2D eigenvalue weighted by molar-refractivity contribution is 5.83. The van der Waals surface area contributed by atoms with Crippen molar-refractivity contribution in [1.29, 1.82) is 0 Å². The second-order valence-corrected chi connectivity index (χ2v) is 4.94. The van der Waals surface area contributed by atoms with Crippen LogP contribution in [0.2, 0.25) is 0 Å². The predicted molar refractivity (Wildman–Crippen MR) is 75.7 cm³/mol. The summed E-state index contributed by atoms with van der Waals surface area (Å²) in [7, 11) is 0. The molecule has 0 bridgehead atoms. The molecule has 0 atom stereocenters. The number of halogens is 1. The highest BCUT2D eigenvalue weighted by atomic mass is 19.1. The van der Waals surface area contributed by atoms with Gasteiger partial charge in [-0.05, 0) is 18.1 Å². The third-order valence-electron chi connectivity index (χ3n) is 3.22. The van der Waals surface area contributed by atoms with E-state index in [4.69, 9.17) is 10.2 Å². The summed E-state index contributed by atoms with van der Waals surface area (Å²) in [6.45, 7) is 4.00. The van der Waals surface area contributed by atoms with Gasteiger partial charge in [-0.2, -0.15) is 0 Å². The number of para-hydroxylation sites is 1. The molecule has 4 nitrogen and oxygen atoms in total. The van der Waals surface area contributed by atoms with Crippen LogP contribution < -0.4 is 5.73 Å². The van der Waals surface area contributed by atoms with Gasteiger partial charge in [0.25, 0.3) is 0 Å². The van der Waals surface area contributed by atoms with Crippen LogP contribution in [0.4, 0.5) is 10.2 Å². The number of hydrogen-bond acceptors (Lipinski definition) is 4. The van der Waals surface area contributed by atoms with Gasteiger partial charge in [0.05, 0.1) is 0 Å². The van der Waals surface area contributed by atoms with Crippen LogP contribution in [0.3, 0.4) is 0 Å². The highest BCUT2D eigenvalue weighted by Crippen LogP contribution is 2.34. The Balaban J connectivity index is 2.26. The Labute approximate surface area is 115 Å². The van der Waals surface area contributed by atoms with Crippen molar-refractivity contribution in [2.24, 2.45) is 0 Å². The van der Waals surface area contributed by atoms with Crippen LogP contribution >= 0.6 is 0 Å². The zero-order chi connectivity index (χ0) is 14.3. The van der Waals surface area contributed by atoms with E-state index in [2.05, 4.69) is 9.97 Å². The minimum absolute atomic E-state index is 0.143. The van der Waals surface area contributed by atoms with E-state index in [9.17, 15) is 4.39 Å². The number of nitrogens with two attached hydrogens (primary N) is 1. The van der Waals surface area contributed by atoms with Gasteiger partial charge in [-0.15, -0.1) is 0 Å². The number of anilines is 1. The highest BCUT2D eigenvalue weighted by Gasteiger charge is 2.18. The number of furan rings is 1. The van der Waals surface area contributed by atoms with Crippen LogP contribution in [-0.2, 0) is 0 Å². The van der Waals surface area contributed by atoms with E-state index in [0.717, 1.165) is 5.56 Å². The molecule has 0 radical (unpaired) electrons. The monoisotopic (exact) mass is 271 g/mol. The molecule has 0 amide bonds. The van der Waals surface area contributed by atoms with Gasteiger partial charge in [0, 0.05) is 10.9 Å². The zero-order valence-electron chi connectivity index (χ0n) is 11.2. The third-order valence-corrected chi connectivity index (χ3v) is 3.22. The first-order chi connectivity index (χ1) is 9.58. The van der Waals surface area contributed by atoms with Crippen molar-refractivity contribution in [1.82, 2.24) is 9.97 Å². The van der Waals surface area contributed by atoms with Crippen molar-refractivity contribution in [2.75, 3.05) is 5.73 Å². The normalized spacial score (nSPS) is 11.4. The average Bonchev–Trinajstić information content (AvgIpc) is 2.83. The molecule has 0 aliphatic rings. The molecule has 2 N–H and O–H groups in total. The number of benzene rings is 1. The minimum atomic E-state index is -0.387. The fourth-order valence-electron chi connectivity index (χ4n) is 2.32. The lowest BCUT2D eigenvalue weighted by atomic mass is 10.0. The molecule has 0 saturated carbocycles. The molecule has 5 heteroatoms. The van der Waals surface area contributed by atoms with Crippen molar-refractivity contribution < 1.29 is 8.81 Å². The molecule has 2 aromatic heterocycles. The maximum absolute atomic E-state index is 13.7. The third kappa shape index (κ3) is 1.91. The lowest BCUT2D eigenvalue weighted by molar-refractivity contribution is 0.566. The van der Waals surface area contributed by atoms with Crippen LogP contribution in [0.15, 0.2) is 35.0 Å². The first-order valence-electron chi connectivity index (χ1n) is 6.36. The molecule has 0 fully saturated rings. The second kappa shape index (κ2) is 4.59. The van der Waals surface area contributed by atoms with E-state index in [0.29, 0.717) is 22.7 Å². The molecule has 3 aromatic rings. The molecule has 0 aliphatic heterocycles. The summed E-state index contributed by atoms with van der Waals surface area (Å²) in [5, 5.41) is 0.701. The van der Waals surface area contributed by atoms with Crippen LogP contribution in [0.5, 0.6) is 0 Å². The molecular formula is C15H14FN3O. The van der Waals surface area contributed by atoms with Gasteiger partial charge in [-0.3, -0.25) is 0 Å². The maximum atomic E-state index is 13.7. The van der Waals surface area contributed by atoms with E-state index in [1.165, 1.54) is 12.4 Å². The maximum Gasteiger partial charge on any atom is 0.170 e. The summed E-state index contributed by atoms with van der Waals surface area (Å²) in [6, 6.07) is 6.58. The molecule has 20 heavy (non-hydrogen) atoms. The van der Waals surface area contributed by atoms with Gasteiger partial charge in [0.2, 0.25) is 0 Å². The van der Waals surface area contributed by atoms with Crippen molar-refractivity contribution in [2.45, 2.75) is 19.8 Å². The first-order valence-corrected chi connectivity index (χ1v) is 6.36. The van der Waals surface area contributed by atoms with E-state index >= 15 is 0 Å². The van der Waals surface area contributed by atoms with Gasteiger partial charge in [-0.1, -0.05) is 26.0 Å². The molecule has 0 aliphatic carbocycles. The number of aromatic nitrogens is 2. The first kappa shape index (κ1) is 12.6. The fraction of sp³-hybridized carbons (Fsp3) is 0.200. The smallest absolute Gasteiger partial charge is 0.170 e. The van der Waals surface area contributed by atoms with Crippen LogP contribution in [-0.4, -0.2) is 9.97 Å². The Kier molecular flexibility index (Phi) is 2.89. The van der Waals surface area contributed by atoms with Crippen molar-refractivity contribution in [3.63, 3.8) is 0 Å². The van der Waals surface area contributed by atoms with E-state index in [1.807, 2.05) is 13.8 Å². The van der Waals surface area contributed by atoms with Gasteiger partial charge in [-0.25, -0.2) is 14.4 Å². The molecule has 0 unspecified atom stereocenters. The molecule has 3 rings (SSSR count). The number of fused-ring (bicyclic) bond motifs is 1. The Morgan fingerprint density at radius 2 is 2.05 bits per heavy atom. The molecular weight excluding hydrogens is 257 g/mol. The summed E-state index contributed by atoms with van der Waals surface area (Å²) >= 11 is 0. The summed E-state index contributed by atoms with van der Waals surface area (Å²) < 4.78 is 19.3. The van der Waals surface area contributed by atoms with Crippen LogP contribution in [0, 0.1) is 5.82 Å². The molecule has 0 spiro atoms. The topological polar surface area (TPSA) is 64.9 Å². The van der Waals surface area contributed by atoms with Crippen molar-refractivity contribution in [3.8, 4) is 11.5 Å². The summed E-state index contributed by atoms with van der Waals surface area (Å²) in [5.74, 6) is 0.681. The van der Waals surface area contributed by atoms with Gasteiger partial charge in [0.15, 0.2) is 17.2 Å². The zero-order valence-corrected chi connectivity index (χ0v) is 11.2. The Bertz CT molecular complexity index is 780. The number of nitrogens with zero attached hydrogens (tertiary/aromatic N) is 2. The number of nitrogen functional groups attached to an aromatic ring is 1. The summed E-state index contributed by atoms with van der Waals surface area (Å²) in [6.07, 6.45) is 1.39. The van der Waals surface area contributed by atoms with E-state index in [1.54, 1.807) is 18.2 Å². The Hall–Kier alpha value is -2.43. The Morgan fingerprint density at radius 1 is 1.25 bits per heavy atom. The quantitative estimate of drug-likeness (QED) is 0.771. The van der Waals surface area contributed by atoms with Crippen LogP contribution in [0.1, 0.15) is 25.3 Å². The summed E-state index contributed by atoms with van der Waals surface area (Å²) in [4.78, 5) is 8.26. The fourth-order valence-corrected chi connectivity index (χ4v) is 2.32. The molecule has 0 saturated heterocycles. The standard InChI is InChI=1S/C15H14FN3O/c1-8(2)12-13(18-7-19-15(12)17)11-6-9-4-3-5-10(16)14(9)20-11/h3-8H,1-2H3,(H2,17,18,19). The number of rotatable bonds is 2. The van der Waals surface area contributed by atoms with Gasteiger partial charge in [0.1, 0.15) is 17.8 Å². The minimum Gasteiger partial charge on any atom is -0.451 e. The van der Waals surface area contributed by atoms with Crippen molar-refractivity contribution in [3.05, 3.63) is 42.0 Å². The van der Waals surface area contributed by atoms with Gasteiger partial charge >= 0.3 is 0 Å². The van der Waals surface area contributed by atoms with Crippen molar-refractivity contribution >= 4 is 16.8 Å². The van der Waals surface area contributed by atoms with E-state index < -0.39 is 0 Å². The largest absolute Gasteiger partial charge is 0.451 e. The van der Waals surface area contributed by atoms with Crippen LogP contribution in [0.25, 0.3) is 22.4 Å². The lowest BCUT2D eigenvalue weighted by Crippen LogP contribution is -2.03. The predicted octanol–water partition coefficient (Wildman–Crippen LogP) is 3.73. The average molecular weight is 271 g/mol. The lowest BCUT2D eigenvalue weighted by Gasteiger charge is -2.11. The SMILES string of the molecule is CC(C)c1c(N)ncnc1-c1cc2cccc(F)c2o1. The Morgan fingerprint density at radius 3 is 2.75 bits per heavy atom.